The molecule has 0 bridgehead atoms. The predicted octanol–water partition coefficient (Wildman–Crippen LogP) is 2.39. The zero-order valence-corrected chi connectivity index (χ0v) is 10.5. The van der Waals surface area contributed by atoms with Crippen LogP contribution in [-0.4, -0.2) is 22.2 Å². The molecule has 0 fully saturated rings. The lowest BCUT2D eigenvalue weighted by molar-refractivity contribution is 0.0550. The lowest BCUT2D eigenvalue weighted by Crippen LogP contribution is -2.07. The smallest absolute Gasteiger partial charge is 0.361 e. The molecule has 0 aliphatic heterocycles. The number of aromatic nitrogens is 2. The number of nitrogens with zero attached hydrogens (tertiary/aromatic N) is 2. The highest BCUT2D eigenvalue weighted by Gasteiger charge is 2.18. The molecule has 0 saturated carbocycles. The van der Waals surface area contributed by atoms with Gasteiger partial charge in [-0.25, -0.2) is 4.79 Å². The average Bonchev–Trinajstić information content (AvgIpc) is 2.89. The zero-order valence-electron chi connectivity index (χ0n) is 9.71. The molecule has 0 atom stereocenters. The van der Waals surface area contributed by atoms with E-state index >= 15 is 0 Å². The van der Waals surface area contributed by atoms with E-state index < -0.39 is 5.97 Å². The van der Waals surface area contributed by atoms with Crippen molar-refractivity contribution in [2.75, 3.05) is 6.61 Å². The number of carbonyl (C=O) groups excluding carboxylic acids is 1. The molecule has 1 heterocycles. The van der Waals surface area contributed by atoms with Crippen molar-refractivity contribution in [3.05, 3.63) is 36.0 Å². The second-order valence-electron chi connectivity index (χ2n) is 3.32. The monoisotopic (exact) mass is 258 g/mol. The fraction of sp³-hybridized carbons (Fsp3) is 0.154. The minimum Gasteiger partial charge on any atom is -0.448 e. The first kappa shape index (κ1) is 12.3. The van der Waals surface area contributed by atoms with E-state index in [-0.39, 0.29) is 12.3 Å². The molecule has 1 aromatic heterocycles. The van der Waals surface area contributed by atoms with E-state index in [1.54, 1.807) is 6.92 Å². The van der Waals surface area contributed by atoms with Gasteiger partial charge in [0.05, 0.1) is 4.88 Å². The van der Waals surface area contributed by atoms with Gasteiger partial charge >= 0.3 is 5.97 Å². The van der Waals surface area contributed by atoms with Crippen LogP contribution >= 0.6 is 11.5 Å². The molecule has 18 heavy (non-hydrogen) atoms. The third-order valence-corrected chi connectivity index (χ3v) is 2.94. The second-order valence-corrected chi connectivity index (χ2v) is 4.07. The first-order valence-corrected chi connectivity index (χ1v) is 6.04. The maximum Gasteiger partial charge on any atom is 0.361 e. The van der Waals surface area contributed by atoms with Crippen LogP contribution in [0.5, 0.6) is 0 Å². The molecule has 5 heteroatoms. The third-order valence-electron chi connectivity index (χ3n) is 2.17. The number of hydrogen-bond donors (Lipinski definition) is 0. The van der Waals surface area contributed by atoms with Crippen LogP contribution in [0, 0.1) is 11.8 Å². The Kier molecular flexibility index (Phi) is 4.05. The Bertz CT molecular complexity index is 596. The van der Waals surface area contributed by atoms with Gasteiger partial charge in [-0.2, -0.15) is 0 Å². The molecular weight excluding hydrogens is 248 g/mol. The molecule has 4 nitrogen and oxygen atoms in total. The molecule has 90 valence electrons. The van der Waals surface area contributed by atoms with Gasteiger partial charge in [-0.1, -0.05) is 40.7 Å². The highest BCUT2D eigenvalue weighted by Crippen LogP contribution is 2.26. The molecule has 0 saturated heterocycles. The van der Waals surface area contributed by atoms with Gasteiger partial charge in [-0.05, 0) is 24.0 Å². The second kappa shape index (κ2) is 5.94. The summed E-state index contributed by atoms with van der Waals surface area (Å²) < 4.78 is 8.78. The van der Waals surface area contributed by atoms with Gasteiger partial charge in [0.25, 0.3) is 0 Å². The Balaban J connectivity index is 2.22. The molecule has 0 spiro atoms. The normalized spacial score (nSPS) is 9.39. The molecule has 2 rings (SSSR count). The minimum absolute atomic E-state index is 0.0705. The highest BCUT2D eigenvalue weighted by atomic mass is 32.1. The SMILES string of the molecule is CC#CCOC(=O)c1nnsc1-c1ccccc1. The Morgan fingerprint density at radius 1 is 1.39 bits per heavy atom. The number of ether oxygens (including phenoxy) is 1. The van der Waals surface area contributed by atoms with Gasteiger partial charge in [-0.15, -0.1) is 11.0 Å². The van der Waals surface area contributed by atoms with E-state index in [0.717, 1.165) is 5.56 Å². The Labute approximate surface area is 109 Å². The van der Waals surface area contributed by atoms with Crippen LogP contribution in [0.4, 0.5) is 0 Å². The van der Waals surface area contributed by atoms with Crippen LogP contribution in [0.3, 0.4) is 0 Å². The number of esters is 1. The molecule has 0 unspecified atom stereocenters. The van der Waals surface area contributed by atoms with E-state index in [0.29, 0.717) is 4.88 Å². The summed E-state index contributed by atoms with van der Waals surface area (Å²) in [5.41, 5.74) is 1.14. The summed E-state index contributed by atoms with van der Waals surface area (Å²) in [5, 5.41) is 3.82. The summed E-state index contributed by atoms with van der Waals surface area (Å²) in [6, 6.07) is 9.50. The summed E-state index contributed by atoms with van der Waals surface area (Å²) in [7, 11) is 0. The molecule has 0 N–H and O–H groups in total. The zero-order chi connectivity index (χ0) is 12.8. The lowest BCUT2D eigenvalue weighted by Gasteiger charge is -2.00. The summed E-state index contributed by atoms with van der Waals surface area (Å²) in [6.07, 6.45) is 0. The summed E-state index contributed by atoms with van der Waals surface area (Å²) in [5.74, 6) is 4.82. The van der Waals surface area contributed by atoms with Crippen LogP contribution < -0.4 is 0 Å². The number of rotatable bonds is 3. The van der Waals surface area contributed by atoms with E-state index in [1.807, 2.05) is 30.3 Å². The highest BCUT2D eigenvalue weighted by molar-refractivity contribution is 7.09. The molecule has 1 aromatic carbocycles. The van der Waals surface area contributed by atoms with Crippen LogP contribution in [-0.2, 0) is 4.74 Å². The van der Waals surface area contributed by atoms with Gasteiger partial charge in [0.15, 0.2) is 12.3 Å². The van der Waals surface area contributed by atoms with Gasteiger partial charge in [-0.3, -0.25) is 0 Å². The molecule has 0 radical (unpaired) electrons. The average molecular weight is 258 g/mol. The number of carbonyl (C=O) groups is 1. The first-order chi connectivity index (χ1) is 8.83. The molecular formula is C13H10N2O2S. The largest absolute Gasteiger partial charge is 0.448 e. The van der Waals surface area contributed by atoms with Crippen LogP contribution in [0.2, 0.25) is 0 Å². The van der Waals surface area contributed by atoms with Crippen LogP contribution in [0.15, 0.2) is 30.3 Å². The Hall–Kier alpha value is -2.19. The van der Waals surface area contributed by atoms with E-state index in [1.165, 1.54) is 11.5 Å². The third kappa shape index (κ3) is 2.73. The van der Waals surface area contributed by atoms with Crippen molar-refractivity contribution in [2.45, 2.75) is 6.92 Å². The van der Waals surface area contributed by atoms with Crippen molar-refractivity contribution in [1.29, 1.82) is 0 Å². The molecule has 0 aliphatic carbocycles. The van der Waals surface area contributed by atoms with Gasteiger partial charge < -0.3 is 4.74 Å². The summed E-state index contributed by atoms with van der Waals surface area (Å²) in [4.78, 5) is 12.5. The topological polar surface area (TPSA) is 52.1 Å². The fourth-order valence-corrected chi connectivity index (χ4v) is 2.00. The standard InChI is InChI=1S/C13H10N2O2S/c1-2-3-9-17-13(16)11-12(18-15-14-11)10-7-5-4-6-8-10/h4-8H,9H2,1H3. The van der Waals surface area contributed by atoms with Gasteiger partial charge in [0.1, 0.15) is 0 Å². The molecule has 0 amide bonds. The molecule has 0 aliphatic rings. The van der Waals surface area contributed by atoms with Crippen molar-refractivity contribution in [1.82, 2.24) is 9.59 Å². The fourth-order valence-electron chi connectivity index (χ4n) is 1.35. The van der Waals surface area contributed by atoms with Crippen molar-refractivity contribution in [2.24, 2.45) is 0 Å². The van der Waals surface area contributed by atoms with Gasteiger partial charge in [0, 0.05) is 0 Å². The quantitative estimate of drug-likeness (QED) is 0.626. The first-order valence-electron chi connectivity index (χ1n) is 5.27. The summed E-state index contributed by atoms with van der Waals surface area (Å²) in [6.45, 7) is 1.76. The predicted molar refractivity (Wildman–Crippen MR) is 69.1 cm³/mol. The molecule has 2 aromatic rings. The summed E-state index contributed by atoms with van der Waals surface area (Å²) >= 11 is 1.17. The minimum atomic E-state index is -0.495. The van der Waals surface area contributed by atoms with Crippen molar-refractivity contribution < 1.29 is 9.53 Å². The lowest BCUT2D eigenvalue weighted by atomic mass is 10.1. The number of hydrogen-bond acceptors (Lipinski definition) is 5. The van der Waals surface area contributed by atoms with Gasteiger partial charge in [0.2, 0.25) is 0 Å². The maximum absolute atomic E-state index is 11.8. The van der Waals surface area contributed by atoms with Crippen molar-refractivity contribution in [3.63, 3.8) is 0 Å². The van der Waals surface area contributed by atoms with E-state index in [9.17, 15) is 4.79 Å². The maximum atomic E-state index is 11.8. The number of benzene rings is 1. The van der Waals surface area contributed by atoms with Crippen molar-refractivity contribution in [3.8, 4) is 22.3 Å². The Morgan fingerprint density at radius 3 is 2.89 bits per heavy atom. The van der Waals surface area contributed by atoms with E-state index in [2.05, 4.69) is 21.4 Å². The van der Waals surface area contributed by atoms with E-state index in [4.69, 9.17) is 4.74 Å². The Morgan fingerprint density at radius 2 is 2.17 bits per heavy atom. The van der Waals surface area contributed by atoms with Crippen LogP contribution in [0.1, 0.15) is 17.4 Å². The van der Waals surface area contributed by atoms with Crippen molar-refractivity contribution >= 4 is 17.5 Å². The van der Waals surface area contributed by atoms with Crippen LogP contribution in [0.25, 0.3) is 10.4 Å².